The molecular weight excluding hydrogens is 216 g/mol. The van der Waals surface area contributed by atoms with E-state index in [1.54, 1.807) is 0 Å². The molecule has 4 nitrogen and oxygen atoms in total. The van der Waals surface area contributed by atoms with Crippen molar-refractivity contribution in [3.05, 3.63) is 0 Å². The monoisotopic (exact) mass is 242 g/mol. The van der Waals surface area contributed by atoms with Gasteiger partial charge < -0.3 is 15.7 Å². The van der Waals surface area contributed by atoms with Crippen molar-refractivity contribution in [2.24, 2.45) is 5.92 Å². The third-order valence-corrected chi connectivity index (χ3v) is 3.66. The van der Waals surface area contributed by atoms with E-state index in [1.165, 1.54) is 0 Å². The molecule has 1 saturated carbocycles. The lowest BCUT2D eigenvalue weighted by Gasteiger charge is -2.23. The Bertz CT molecular complexity index is 248. The van der Waals surface area contributed by atoms with Gasteiger partial charge in [-0.3, -0.25) is 4.79 Å². The van der Waals surface area contributed by atoms with Crippen LogP contribution in [0, 0.1) is 5.92 Å². The Hall–Kier alpha value is -0.610. The van der Waals surface area contributed by atoms with Gasteiger partial charge in [-0.1, -0.05) is 26.7 Å². The molecule has 1 fully saturated rings. The van der Waals surface area contributed by atoms with Crippen LogP contribution in [-0.2, 0) is 4.79 Å². The molecule has 0 aromatic carbocycles. The van der Waals surface area contributed by atoms with Gasteiger partial charge in [0.15, 0.2) is 0 Å². The maximum absolute atomic E-state index is 11.6. The molecule has 1 aliphatic rings. The quantitative estimate of drug-likeness (QED) is 0.652. The average Bonchev–Trinajstić information content (AvgIpc) is 2.65. The standard InChI is InChI=1S/C13H26N2O2/c1-10(2)11(3)15-12(16)8-14-9-13(17)6-4-5-7-13/h10-11,14,17H,4-9H2,1-3H3,(H,15,16). The summed E-state index contributed by atoms with van der Waals surface area (Å²) < 4.78 is 0. The second kappa shape index (κ2) is 6.36. The van der Waals surface area contributed by atoms with Gasteiger partial charge in [-0.25, -0.2) is 0 Å². The van der Waals surface area contributed by atoms with Gasteiger partial charge in [-0.05, 0) is 25.7 Å². The fourth-order valence-corrected chi connectivity index (χ4v) is 2.09. The van der Waals surface area contributed by atoms with Crippen molar-refractivity contribution < 1.29 is 9.90 Å². The second-order valence-electron chi connectivity index (χ2n) is 5.64. The van der Waals surface area contributed by atoms with E-state index < -0.39 is 5.60 Å². The molecule has 1 aliphatic carbocycles. The lowest BCUT2D eigenvalue weighted by molar-refractivity contribution is -0.121. The van der Waals surface area contributed by atoms with Crippen molar-refractivity contribution in [2.75, 3.05) is 13.1 Å². The van der Waals surface area contributed by atoms with Crippen LogP contribution in [0.4, 0.5) is 0 Å². The first-order valence-electron chi connectivity index (χ1n) is 6.65. The molecule has 0 bridgehead atoms. The van der Waals surface area contributed by atoms with E-state index in [0.717, 1.165) is 25.7 Å². The summed E-state index contributed by atoms with van der Waals surface area (Å²) in [6, 6.07) is 0.193. The molecule has 0 spiro atoms. The van der Waals surface area contributed by atoms with Crippen molar-refractivity contribution in [1.82, 2.24) is 10.6 Å². The zero-order valence-corrected chi connectivity index (χ0v) is 11.3. The minimum Gasteiger partial charge on any atom is -0.389 e. The number of carbonyl (C=O) groups is 1. The van der Waals surface area contributed by atoms with Gasteiger partial charge in [-0.15, -0.1) is 0 Å². The topological polar surface area (TPSA) is 61.4 Å². The Morgan fingerprint density at radius 3 is 2.41 bits per heavy atom. The molecule has 1 amide bonds. The summed E-state index contributed by atoms with van der Waals surface area (Å²) in [6.07, 6.45) is 3.89. The highest BCUT2D eigenvalue weighted by molar-refractivity contribution is 5.78. The molecule has 1 unspecified atom stereocenters. The number of aliphatic hydroxyl groups is 1. The van der Waals surface area contributed by atoms with Crippen molar-refractivity contribution >= 4 is 5.91 Å². The van der Waals surface area contributed by atoms with Crippen molar-refractivity contribution in [3.63, 3.8) is 0 Å². The summed E-state index contributed by atoms with van der Waals surface area (Å²) in [6.45, 7) is 6.99. The minimum atomic E-state index is -0.579. The van der Waals surface area contributed by atoms with Crippen molar-refractivity contribution in [3.8, 4) is 0 Å². The summed E-state index contributed by atoms with van der Waals surface area (Å²) in [5.41, 5.74) is -0.579. The first-order chi connectivity index (χ1) is 7.93. The Balaban J connectivity index is 2.16. The van der Waals surface area contributed by atoms with Crippen LogP contribution in [0.5, 0.6) is 0 Å². The summed E-state index contributed by atoms with van der Waals surface area (Å²) in [7, 11) is 0. The van der Waals surface area contributed by atoms with Crippen LogP contribution in [0.3, 0.4) is 0 Å². The van der Waals surface area contributed by atoms with Crippen LogP contribution < -0.4 is 10.6 Å². The van der Waals surface area contributed by atoms with E-state index in [4.69, 9.17) is 0 Å². The Labute approximate surface area is 104 Å². The minimum absolute atomic E-state index is 0.00722. The molecule has 1 atom stereocenters. The van der Waals surface area contributed by atoms with E-state index in [-0.39, 0.29) is 11.9 Å². The molecule has 0 saturated heterocycles. The number of rotatable bonds is 6. The Morgan fingerprint density at radius 2 is 1.88 bits per heavy atom. The molecular formula is C13H26N2O2. The summed E-state index contributed by atoms with van der Waals surface area (Å²) in [5, 5.41) is 16.1. The number of carbonyl (C=O) groups excluding carboxylic acids is 1. The maximum atomic E-state index is 11.6. The van der Waals surface area contributed by atoms with Crippen LogP contribution in [0.1, 0.15) is 46.5 Å². The van der Waals surface area contributed by atoms with Crippen LogP contribution in [-0.4, -0.2) is 35.7 Å². The Morgan fingerprint density at radius 1 is 1.29 bits per heavy atom. The van der Waals surface area contributed by atoms with Gasteiger partial charge in [0.05, 0.1) is 12.1 Å². The highest BCUT2D eigenvalue weighted by Gasteiger charge is 2.30. The SMILES string of the molecule is CC(C)C(C)NC(=O)CNCC1(O)CCCC1. The third-order valence-electron chi connectivity index (χ3n) is 3.66. The molecule has 0 heterocycles. The fraction of sp³-hybridized carbons (Fsp3) is 0.923. The van der Waals surface area contributed by atoms with Crippen LogP contribution in [0.15, 0.2) is 0 Å². The summed E-state index contributed by atoms with van der Waals surface area (Å²) in [5.74, 6) is 0.450. The fourth-order valence-electron chi connectivity index (χ4n) is 2.09. The lowest BCUT2D eigenvalue weighted by atomic mass is 10.0. The van der Waals surface area contributed by atoms with Crippen molar-refractivity contribution in [2.45, 2.75) is 58.1 Å². The predicted octanol–water partition coefficient (Wildman–Crippen LogP) is 1.04. The van der Waals surface area contributed by atoms with Crippen LogP contribution in [0.2, 0.25) is 0 Å². The second-order valence-corrected chi connectivity index (χ2v) is 5.64. The molecule has 1 rings (SSSR count). The van der Waals surface area contributed by atoms with E-state index in [2.05, 4.69) is 24.5 Å². The van der Waals surface area contributed by atoms with Gasteiger partial charge in [0.25, 0.3) is 0 Å². The van der Waals surface area contributed by atoms with Gasteiger partial charge in [0.2, 0.25) is 5.91 Å². The largest absolute Gasteiger partial charge is 0.389 e. The molecule has 17 heavy (non-hydrogen) atoms. The lowest BCUT2D eigenvalue weighted by Crippen LogP contribution is -2.45. The highest BCUT2D eigenvalue weighted by Crippen LogP contribution is 2.28. The Kier molecular flexibility index (Phi) is 5.40. The van der Waals surface area contributed by atoms with E-state index in [1.807, 2.05) is 6.92 Å². The molecule has 4 heteroatoms. The van der Waals surface area contributed by atoms with Crippen molar-refractivity contribution in [1.29, 1.82) is 0 Å². The number of nitrogens with one attached hydrogen (secondary N) is 2. The molecule has 0 aliphatic heterocycles. The van der Waals surface area contributed by atoms with Crippen LogP contribution >= 0.6 is 0 Å². The molecule has 0 aromatic heterocycles. The molecule has 0 aromatic rings. The van der Waals surface area contributed by atoms with Gasteiger partial charge >= 0.3 is 0 Å². The molecule has 100 valence electrons. The van der Waals surface area contributed by atoms with Gasteiger partial charge in [0, 0.05) is 12.6 Å². The van der Waals surface area contributed by atoms with E-state index in [9.17, 15) is 9.90 Å². The maximum Gasteiger partial charge on any atom is 0.234 e. The van der Waals surface area contributed by atoms with Crippen LogP contribution in [0.25, 0.3) is 0 Å². The first-order valence-corrected chi connectivity index (χ1v) is 6.65. The third kappa shape index (κ3) is 5.04. The highest BCUT2D eigenvalue weighted by atomic mass is 16.3. The van der Waals surface area contributed by atoms with Gasteiger partial charge in [0.1, 0.15) is 0 Å². The number of amides is 1. The summed E-state index contributed by atoms with van der Waals surface area (Å²) >= 11 is 0. The zero-order valence-electron chi connectivity index (χ0n) is 11.3. The molecule has 0 radical (unpaired) electrons. The zero-order chi connectivity index (χ0) is 12.9. The smallest absolute Gasteiger partial charge is 0.234 e. The predicted molar refractivity (Wildman–Crippen MR) is 68.7 cm³/mol. The average molecular weight is 242 g/mol. The van der Waals surface area contributed by atoms with E-state index >= 15 is 0 Å². The first kappa shape index (κ1) is 14.5. The van der Waals surface area contributed by atoms with E-state index in [0.29, 0.717) is 19.0 Å². The summed E-state index contributed by atoms with van der Waals surface area (Å²) in [4.78, 5) is 11.6. The normalized spacial score (nSPS) is 20.5. The number of hydrogen-bond donors (Lipinski definition) is 3. The van der Waals surface area contributed by atoms with Gasteiger partial charge in [-0.2, -0.15) is 0 Å². The molecule has 3 N–H and O–H groups in total. The number of hydrogen-bond acceptors (Lipinski definition) is 3.